The Morgan fingerprint density at radius 1 is 1.24 bits per heavy atom. The van der Waals surface area contributed by atoms with Crippen LogP contribution < -0.4 is 4.72 Å². The highest BCUT2D eigenvalue weighted by Gasteiger charge is 2.29. The lowest BCUT2D eigenvalue weighted by molar-refractivity contribution is 0.0972. The molecule has 0 spiro atoms. The van der Waals surface area contributed by atoms with Crippen molar-refractivity contribution in [2.24, 2.45) is 7.05 Å². The van der Waals surface area contributed by atoms with Crippen LogP contribution in [0.1, 0.15) is 59.9 Å². The SMILES string of the molecule is CC(=O)c1cc(C(=O)NS(=O)(=O)C2CCCCC2)n(C)c1. The lowest BCUT2D eigenvalue weighted by atomic mass is 10.0. The van der Waals surface area contributed by atoms with Crippen LogP contribution in [0.2, 0.25) is 0 Å². The monoisotopic (exact) mass is 312 g/mol. The molecule has 1 heterocycles. The van der Waals surface area contributed by atoms with E-state index in [1.165, 1.54) is 23.8 Å². The van der Waals surface area contributed by atoms with Gasteiger partial charge in [0.05, 0.1) is 5.25 Å². The second-order valence-electron chi connectivity index (χ2n) is 5.52. The first-order valence-corrected chi connectivity index (χ1v) is 8.59. The van der Waals surface area contributed by atoms with Crippen molar-refractivity contribution in [3.8, 4) is 0 Å². The molecule has 0 radical (unpaired) electrons. The molecule has 1 N–H and O–H groups in total. The summed E-state index contributed by atoms with van der Waals surface area (Å²) in [5, 5.41) is -0.497. The van der Waals surface area contributed by atoms with Crippen LogP contribution in [0.25, 0.3) is 0 Å². The zero-order chi connectivity index (χ0) is 15.6. The van der Waals surface area contributed by atoms with Gasteiger partial charge in [-0.1, -0.05) is 19.3 Å². The van der Waals surface area contributed by atoms with Gasteiger partial charge in [-0.2, -0.15) is 0 Å². The molecule has 1 aromatic heterocycles. The summed E-state index contributed by atoms with van der Waals surface area (Å²) in [6, 6.07) is 1.41. The number of sulfonamides is 1. The molecule has 21 heavy (non-hydrogen) atoms. The number of aryl methyl sites for hydroxylation is 1. The second kappa shape index (κ2) is 6.01. The zero-order valence-electron chi connectivity index (χ0n) is 12.3. The maximum absolute atomic E-state index is 12.2. The summed E-state index contributed by atoms with van der Waals surface area (Å²) in [6.45, 7) is 1.40. The summed E-state index contributed by atoms with van der Waals surface area (Å²) < 4.78 is 28.0. The van der Waals surface area contributed by atoms with Crippen LogP contribution >= 0.6 is 0 Å². The predicted molar refractivity (Wildman–Crippen MR) is 78.7 cm³/mol. The molecule has 7 heteroatoms. The Labute approximate surface area is 124 Å². The Morgan fingerprint density at radius 3 is 2.38 bits per heavy atom. The topological polar surface area (TPSA) is 85.2 Å². The van der Waals surface area contributed by atoms with Gasteiger partial charge in [0.1, 0.15) is 5.69 Å². The van der Waals surface area contributed by atoms with E-state index in [0.717, 1.165) is 19.3 Å². The molecule has 0 unspecified atom stereocenters. The number of amides is 1. The van der Waals surface area contributed by atoms with E-state index in [2.05, 4.69) is 4.72 Å². The van der Waals surface area contributed by atoms with E-state index >= 15 is 0 Å². The summed E-state index contributed by atoms with van der Waals surface area (Å²) in [5.74, 6) is -0.852. The maximum atomic E-state index is 12.2. The van der Waals surface area contributed by atoms with Gasteiger partial charge >= 0.3 is 0 Å². The molecule has 1 fully saturated rings. The molecule has 6 nitrogen and oxygen atoms in total. The van der Waals surface area contributed by atoms with Gasteiger partial charge in [0.15, 0.2) is 5.78 Å². The van der Waals surface area contributed by atoms with E-state index in [9.17, 15) is 18.0 Å². The summed E-state index contributed by atoms with van der Waals surface area (Å²) in [7, 11) is -2.05. The van der Waals surface area contributed by atoms with Crippen LogP contribution in [0, 0.1) is 0 Å². The number of aromatic nitrogens is 1. The van der Waals surface area contributed by atoms with Gasteiger partial charge in [0.25, 0.3) is 5.91 Å². The van der Waals surface area contributed by atoms with Crippen molar-refractivity contribution in [2.45, 2.75) is 44.3 Å². The van der Waals surface area contributed by atoms with Gasteiger partial charge in [0, 0.05) is 18.8 Å². The molecular weight excluding hydrogens is 292 g/mol. The number of nitrogens with one attached hydrogen (secondary N) is 1. The second-order valence-corrected chi connectivity index (χ2v) is 7.48. The van der Waals surface area contributed by atoms with Crippen LogP contribution in [-0.4, -0.2) is 29.9 Å². The fourth-order valence-electron chi connectivity index (χ4n) is 2.62. The van der Waals surface area contributed by atoms with Crippen molar-refractivity contribution in [2.75, 3.05) is 0 Å². The molecule has 0 saturated heterocycles. The molecule has 116 valence electrons. The molecule has 2 rings (SSSR count). The average Bonchev–Trinajstić information content (AvgIpc) is 2.82. The maximum Gasteiger partial charge on any atom is 0.281 e. The zero-order valence-corrected chi connectivity index (χ0v) is 13.1. The van der Waals surface area contributed by atoms with E-state index in [0.29, 0.717) is 18.4 Å². The minimum atomic E-state index is -3.66. The number of hydrogen-bond donors (Lipinski definition) is 1. The molecule has 1 aliphatic carbocycles. The number of carbonyl (C=O) groups is 2. The van der Waals surface area contributed by atoms with Crippen LogP contribution in [0.5, 0.6) is 0 Å². The minimum Gasteiger partial charge on any atom is -0.346 e. The fourth-order valence-corrected chi connectivity index (χ4v) is 4.11. The Balaban J connectivity index is 2.15. The molecule has 1 aliphatic rings. The number of hydrogen-bond acceptors (Lipinski definition) is 4. The number of carbonyl (C=O) groups excluding carboxylic acids is 2. The van der Waals surface area contributed by atoms with Gasteiger partial charge in [-0.15, -0.1) is 0 Å². The number of nitrogens with zero attached hydrogens (tertiary/aromatic N) is 1. The fraction of sp³-hybridized carbons (Fsp3) is 0.571. The number of Topliss-reactive ketones (excluding diaryl/α,β-unsaturated/α-hetero) is 1. The van der Waals surface area contributed by atoms with Gasteiger partial charge in [0.2, 0.25) is 10.0 Å². The van der Waals surface area contributed by atoms with Crippen LogP contribution in [0.4, 0.5) is 0 Å². The van der Waals surface area contributed by atoms with Crippen LogP contribution in [-0.2, 0) is 17.1 Å². The molecule has 1 amide bonds. The highest BCUT2D eigenvalue weighted by Crippen LogP contribution is 2.23. The summed E-state index contributed by atoms with van der Waals surface area (Å²) in [4.78, 5) is 23.4. The standard InChI is InChI=1S/C14H20N2O4S/c1-10(17)11-8-13(16(2)9-11)14(18)15-21(19,20)12-6-4-3-5-7-12/h8-9,12H,3-7H2,1-2H3,(H,15,18). The Kier molecular flexibility index (Phi) is 4.51. The molecule has 0 aromatic carbocycles. The Bertz CT molecular complexity index is 655. The van der Waals surface area contributed by atoms with Gasteiger partial charge in [-0.25, -0.2) is 13.1 Å². The first-order chi connectivity index (χ1) is 9.81. The first kappa shape index (κ1) is 15.8. The van der Waals surface area contributed by atoms with E-state index in [1.54, 1.807) is 7.05 Å². The van der Waals surface area contributed by atoms with Crippen LogP contribution in [0.3, 0.4) is 0 Å². The lowest BCUT2D eigenvalue weighted by Gasteiger charge is -2.21. The van der Waals surface area contributed by atoms with Crippen LogP contribution in [0.15, 0.2) is 12.3 Å². The van der Waals surface area contributed by atoms with Gasteiger partial charge in [-0.05, 0) is 25.8 Å². The highest BCUT2D eigenvalue weighted by molar-refractivity contribution is 7.90. The van der Waals surface area contributed by atoms with Crippen molar-refractivity contribution >= 4 is 21.7 Å². The highest BCUT2D eigenvalue weighted by atomic mass is 32.2. The Hall–Kier alpha value is -1.63. The summed E-state index contributed by atoms with van der Waals surface area (Å²) in [6.07, 6.45) is 5.49. The lowest BCUT2D eigenvalue weighted by Crippen LogP contribution is -2.39. The van der Waals surface area contributed by atoms with Crippen molar-refractivity contribution in [3.05, 3.63) is 23.5 Å². The third kappa shape index (κ3) is 3.53. The minimum absolute atomic E-state index is 0.166. The van der Waals surface area contributed by atoms with Crippen molar-refractivity contribution < 1.29 is 18.0 Å². The van der Waals surface area contributed by atoms with E-state index in [-0.39, 0.29) is 11.5 Å². The van der Waals surface area contributed by atoms with Gasteiger partial charge in [-0.3, -0.25) is 9.59 Å². The third-order valence-electron chi connectivity index (χ3n) is 3.87. The number of ketones is 1. The smallest absolute Gasteiger partial charge is 0.281 e. The largest absolute Gasteiger partial charge is 0.346 e. The third-order valence-corrected chi connectivity index (χ3v) is 5.69. The van der Waals surface area contributed by atoms with E-state index in [1.807, 2.05) is 0 Å². The molecule has 0 bridgehead atoms. The Morgan fingerprint density at radius 2 is 1.86 bits per heavy atom. The van der Waals surface area contributed by atoms with Crippen molar-refractivity contribution in [1.29, 1.82) is 0 Å². The molecule has 0 atom stereocenters. The van der Waals surface area contributed by atoms with Crippen molar-refractivity contribution in [1.82, 2.24) is 9.29 Å². The molecule has 0 aliphatic heterocycles. The van der Waals surface area contributed by atoms with Gasteiger partial charge < -0.3 is 4.57 Å². The molecule has 1 saturated carbocycles. The predicted octanol–water partition coefficient (Wildman–Crippen LogP) is 1.62. The quantitative estimate of drug-likeness (QED) is 0.856. The molecular formula is C14H20N2O4S. The average molecular weight is 312 g/mol. The normalized spacial score (nSPS) is 16.7. The first-order valence-electron chi connectivity index (χ1n) is 7.04. The summed E-state index contributed by atoms with van der Waals surface area (Å²) in [5.41, 5.74) is 0.553. The van der Waals surface area contributed by atoms with E-state index in [4.69, 9.17) is 0 Å². The van der Waals surface area contributed by atoms with E-state index < -0.39 is 21.2 Å². The van der Waals surface area contributed by atoms with Crippen molar-refractivity contribution in [3.63, 3.8) is 0 Å². The summed E-state index contributed by atoms with van der Waals surface area (Å²) >= 11 is 0. The number of rotatable bonds is 4. The molecule has 1 aromatic rings.